The van der Waals surface area contributed by atoms with Crippen LogP contribution in [0.1, 0.15) is 44.1 Å². The lowest BCUT2D eigenvalue weighted by Crippen LogP contribution is -2.47. The van der Waals surface area contributed by atoms with Crippen molar-refractivity contribution in [1.29, 1.82) is 0 Å². The first kappa shape index (κ1) is 14.4. The van der Waals surface area contributed by atoms with Crippen molar-refractivity contribution in [3.63, 3.8) is 0 Å². The fourth-order valence-electron chi connectivity index (χ4n) is 4.54. The number of nitrogens with one attached hydrogen (secondary N) is 1. The first-order valence-corrected chi connectivity index (χ1v) is 8.99. The van der Waals surface area contributed by atoms with Crippen LogP contribution in [0.15, 0.2) is 29.3 Å². The maximum Gasteiger partial charge on any atom is 0.0671 e. The number of rotatable bonds is 4. The second-order valence-corrected chi connectivity index (χ2v) is 7.09. The Morgan fingerprint density at radius 1 is 1.14 bits per heavy atom. The number of hydrogen-bond donors (Lipinski definition) is 1. The van der Waals surface area contributed by atoms with Crippen LogP contribution in [0.2, 0.25) is 0 Å². The van der Waals surface area contributed by atoms with Crippen LogP contribution < -0.4 is 5.32 Å². The zero-order valence-corrected chi connectivity index (χ0v) is 13.5. The molecule has 4 rings (SSSR count). The third kappa shape index (κ3) is 2.50. The summed E-state index contributed by atoms with van der Waals surface area (Å²) in [5.41, 5.74) is 4.33. The van der Waals surface area contributed by atoms with Crippen molar-refractivity contribution >= 4 is 11.4 Å². The molecule has 3 heteroatoms. The molecular weight excluding hydrogens is 270 g/mol. The van der Waals surface area contributed by atoms with E-state index in [9.17, 15) is 0 Å². The number of hydrogen-bond acceptors (Lipinski definition) is 3. The summed E-state index contributed by atoms with van der Waals surface area (Å²) >= 11 is 0. The Kier molecular flexibility index (Phi) is 4.01. The minimum atomic E-state index is 0.194. The van der Waals surface area contributed by atoms with Crippen molar-refractivity contribution in [3.8, 4) is 0 Å². The molecule has 0 saturated carbocycles. The van der Waals surface area contributed by atoms with Crippen LogP contribution in [0.4, 0.5) is 5.69 Å². The van der Waals surface area contributed by atoms with Crippen molar-refractivity contribution in [2.45, 2.75) is 43.9 Å². The Morgan fingerprint density at radius 3 is 2.82 bits per heavy atom. The highest BCUT2D eigenvalue weighted by Gasteiger charge is 2.43. The molecule has 0 amide bonds. The topological polar surface area (TPSA) is 27.6 Å². The molecule has 1 atom stereocenters. The molecule has 2 fully saturated rings. The third-order valence-corrected chi connectivity index (χ3v) is 5.70. The number of nitrogens with zero attached hydrogens (tertiary/aromatic N) is 2. The van der Waals surface area contributed by atoms with E-state index in [1.165, 1.54) is 68.7 Å². The van der Waals surface area contributed by atoms with Gasteiger partial charge in [0, 0.05) is 17.7 Å². The van der Waals surface area contributed by atoms with Crippen molar-refractivity contribution in [3.05, 3.63) is 29.8 Å². The van der Waals surface area contributed by atoms with Crippen LogP contribution in [0.5, 0.6) is 0 Å². The van der Waals surface area contributed by atoms with E-state index in [4.69, 9.17) is 4.99 Å². The molecule has 1 spiro atoms. The second kappa shape index (κ2) is 6.13. The first-order valence-electron chi connectivity index (χ1n) is 8.99. The molecule has 118 valence electrons. The summed E-state index contributed by atoms with van der Waals surface area (Å²) in [5, 5.41) is 3.63. The number of fused-ring (bicyclic) bond motifs is 2. The van der Waals surface area contributed by atoms with E-state index in [2.05, 4.69) is 34.5 Å². The van der Waals surface area contributed by atoms with Crippen molar-refractivity contribution in [1.82, 2.24) is 10.2 Å². The van der Waals surface area contributed by atoms with Crippen LogP contribution in [-0.2, 0) is 5.41 Å². The van der Waals surface area contributed by atoms with E-state index in [1.54, 1.807) is 0 Å². The zero-order chi connectivity index (χ0) is 14.8. The van der Waals surface area contributed by atoms with E-state index in [0.717, 1.165) is 19.5 Å². The zero-order valence-electron chi connectivity index (χ0n) is 13.5. The van der Waals surface area contributed by atoms with Gasteiger partial charge in [-0.05, 0) is 76.3 Å². The summed E-state index contributed by atoms with van der Waals surface area (Å²) < 4.78 is 0. The quantitative estimate of drug-likeness (QED) is 0.923. The highest BCUT2D eigenvalue weighted by Crippen LogP contribution is 2.45. The Hall–Kier alpha value is -1.19. The highest BCUT2D eigenvalue weighted by atomic mass is 15.1. The molecule has 22 heavy (non-hydrogen) atoms. The Morgan fingerprint density at radius 2 is 2.00 bits per heavy atom. The number of likely N-dealkylation sites (tertiary alicyclic amines) is 1. The predicted octanol–water partition coefficient (Wildman–Crippen LogP) is 3.27. The number of aliphatic imine (C=N–C) groups is 1. The number of para-hydroxylation sites is 1. The molecule has 2 saturated heterocycles. The van der Waals surface area contributed by atoms with Crippen molar-refractivity contribution in [2.75, 3.05) is 32.7 Å². The SMILES string of the molecule is c1ccc2c(c1)N=C(CCCN1CCCC1)C21CCCNC1. The summed E-state index contributed by atoms with van der Waals surface area (Å²) in [6.07, 6.45) is 7.72. The molecule has 0 aromatic heterocycles. The molecule has 3 aliphatic rings. The second-order valence-electron chi connectivity index (χ2n) is 7.09. The molecule has 3 nitrogen and oxygen atoms in total. The largest absolute Gasteiger partial charge is 0.315 e. The lowest BCUT2D eigenvalue weighted by molar-refractivity contribution is 0.333. The summed E-state index contributed by atoms with van der Waals surface area (Å²) in [6, 6.07) is 8.80. The van der Waals surface area contributed by atoms with Crippen molar-refractivity contribution < 1.29 is 0 Å². The van der Waals surface area contributed by atoms with E-state index < -0.39 is 0 Å². The summed E-state index contributed by atoms with van der Waals surface area (Å²) in [5.74, 6) is 0. The Balaban J connectivity index is 1.50. The fraction of sp³-hybridized carbons (Fsp3) is 0.632. The van der Waals surface area contributed by atoms with Gasteiger partial charge in [-0.2, -0.15) is 0 Å². The molecule has 0 aliphatic carbocycles. The van der Waals surface area contributed by atoms with Gasteiger partial charge in [-0.25, -0.2) is 0 Å². The molecular formula is C19H27N3. The molecule has 1 N–H and O–H groups in total. The highest BCUT2D eigenvalue weighted by molar-refractivity contribution is 6.02. The molecule has 1 aromatic carbocycles. The summed E-state index contributed by atoms with van der Waals surface area (Å²) in [4.78, 5) is 7.67. The summed E-state index contributed by atoms with van der Waals surface area (Å²) in [7, 11) is 0. The maximum absolute atomic E-state index is 5.05. The molecule has 3 aliphatic heterocycles. The lowest BCUT2D eigenvalue weighted by Gasteiger charge is -2.36. The van der Waals surface area contributed by atoms with Gasteiger partial charge >= 0.3 is 0 Å². The molecule has 0 bridgehead atoms. The van der Waals surface area contributed by atoms with Crippen LogP contribution in [0, 0.1) is 0 Å². The third-order valence-electron chi connectivity index (χ3n) is 5.70. The predicted molar refractivity (Wildman–Crippen MR) is 92.2 cm³/mol. The minimum absolute atomic E-state index is 0.194. The van der Waals surface area contributed by atoms with E-state index in [1.807, 2.05) is 0 Å². The van der Waals surface area contributed by atoms with E-state index >= 15 is 0 Å². The van der Waals surface area contributed by atoms with E-state index in [-0.39, 0.29) is 5.41 Å². The maximum atomic E-state index is 5.05. The summed E-state index contributed by atoms with van der Waals surface area (Å²) in [6.45, 7) is 6.09. The van der Waals surface area contributed by atoms with Gasteiger partial charge in [0.05, 0.1) is 5.69 Å². The Labute approximate surface area is 133 Å². The minimum Gasteiger partial charge on any atom is -0.315 e. The van der Waals surface area contributed by atoms with Gasteiger partial charge in [0.15, 0.2) is 0 Å². The standard InChI is InChI=1S/C19H27N3/c1-2-8-17-16(7-1)19(10-6-11-20-15-19)18(21-17)9-5-14-22-12-3-4-13-22/h1-2,7-8,20H,3-6,9-15H2. The van der Waals surface area contributed by atoms with Gasteiger partial charge in [-0.15, -0.1) is 0 Å². The smallest absolute Gasteiger partial charge is 0.0671 e. The number of piperidine rings is 1. The normalized spacial score (nSPS) is 28.1. The Bertz CT molecular complexity index is 552. The molecule has 0 radical (unpaired) electrons. The monoisotopic (exact) mass is 297 g/mol. The van der Waals surface area contributed by atoms with Crippen LogP contribution in [0.25, 0.3) is 0 Å². The van der Waals surface area contributed by atoms with Gasteiger partial charge in [0.25, 0.3) is 0 Å². The van der Waals surface area contributed by atoms with Crippen LogP contribution >= 0.6 is 0 Å². The van der Waals surface area contributed by atoms with Gasteiger partial charge in [-0.1, -0.05) is 18.2 Å². The van der Waals surface area contributed by atoms with E-state index in [0.29, 0.717) is 0 Å². The van der Waals surface area contributed by atoms with Gasteiger partial charge in [0.2, 0.25) is 0 Å². The average molecular weight is 297 g/mol. The van der Waals surface area contributed by atoms with Gasteiger partial charge in [0.1, 0.15) is 0 Å². The molecule has 1 unspecified atom stereocenters. The van der Waals surface area contributed by atoms with Gasteiger partial charge in [-0.3, -0.25) is 4.99 Å². The first-order chi connectivity index (χ1) is 10.9. The molecule has 3 heterocycles. The number of benzene rings is 1. The van der Waals surface area contributed by atoms with Crippen molar-refractivity contribution in [2.24, 2.45) is 4.99 Å². The fourth-order valence-corrected chi connectivity index (χ4v) is 4.54. The van der Waals surface area contributed by atoms with Gasteiger partial charge < -0.3 is 10.2 Å². The molecule has 1 aromatic rings. The van der Waals surface area contributed by atoms with Crippen LogP contribution in [0.3, 0.4) is 0 Å². The average Bonchev–Trinajstić information content (AvgIpc) is 3.17. The lowest BCUT2D eigenvalue weighted by atomic mass is 9.71. The van der Waals surface area contributed by atoms with Crippen LogP contribution in [-0.4, -0.2) is 43.3 Å².